The number of anilines is 1. The lowest BCUT2D eigenvalue weighted by Gasteiger charge is -2.25. The molecule has 9 heteroatoms. The molecule has 0 unspecified atom stereocenters. The Bertz CT molecular complexity index is 1400. The van der Waals surface area contributed by atoms with Crippen LogP contribution >= 0.6 is 22.7 Å². The average Bonchev–Trinajstić information content (AvgIpc) is 3.63. The van der Waals surface area contributed by atoms with Crippen molar-refractivity contribution in [2.75, 3.05) is 24.6 Å². The van der Waals surface area contributed by atoms with Crippen LogP contribution < -0.4 is 15.1 Å². The van der Waals surface area contributed by atoms with Crippen LogP contribution in [0.1, 0.15) is 29.7 Å². The van der Waals surface area contributed by atoms with Crippen molar-refractivity contribution in [2.45, 2.75) is 19.3 Å². The summed E-state index contributed by atoms with van der Waals surface area (Å²) in [6.07, 6.45) is 5.31. The highest BCUT2D eigenvalue weighted by atomic mass is 32.1. The maximum absolute atomic E-state index is 12.3. The molecular formula is C28H25N5O2S2. The largest absolute Gasteiger partial charge is 0.484 e. The number of amides is 1. The van der Waals surface area contributed by atoms with Crippen LogP contribution in [-0.2, 0) is 4.79 Å². The van der Waals surface area contributed by atoms with Crippen molar-refractivity contribution < 1.29 is 9.53 Å². The Hall–Kier alpha value is -4.00. The zero-order valence-electron chi connectivity index (χ0n) is 20.1. The molecule has 0 saturated carbocycles. The number of carbonyl (C=O) groups is 1. The SMILES string of the molecule is N#Cc1ccc(-c2ccc(OCC(=O)N/N=C/c3sc(N4CCCCC4)nc3-c3cccs3)cc2)cc1. The van der Waals surface area contributed by atoms with E-state index in [1.807, 2.05) is 47.8 Å². The molecule has 1 amide bonds. The van der Waals surface area contributed by atoms with Crippen LogP contribution in [-0.4, -0.2) is 36.8 Å². The number of aromatic nitrogens is 1. The zero-order chi connectivity index (χ0) is 25.5. The number of hydrogen-bond donors (Lipinski definition) is 1. The molecule has 1 saturated heterocycles. The summed E-state index contributed by atoms with van der Waals surface area (Å²) < 4.78 is 5.62. The van der Waals surface area contributed by atoms with Crippen molar-refractivity contribution in [1.29, 1.82) is 5.26 Å². The number of thiophene rings is 1. The van der Waals surface area contributed by atoms with Crippen LogP contribution in [0.4, 0.5) is 5.13 Å². The van der Waals surface area contributed by atoms with E-state index in [0.29, 0.717) is 11.3 Å². The van der Waals surface area contributed by atoms with E-state index in [1.54, 1.807) is 41.0 Å². The van der Waals surface area contributed by atoms with Gasteiger partial charge in [-0.25, -0.2) is 10.4 Å². The number of hydrazone groups is 1. The van der Waals surface area contributed by atoms with Crippen molar-refractivity contribution in [3.63, 3.8) is 0 Å². The molecule has 1 aliphatic rings. The Morgan fingerprint density at radius 3 is 2.49 bits per heavy atom. The molecule has 2 aromatic carbocycles. The fourth-order valence-corrected chi connectivity index (χ4v) is 5.84. The highest BCUT2D eigenvalue weighted by Gasteiger charge is 2.19. The quantitative estimate of drug-likeness (QED) is 0.227. The number of hydrogen-bond acceptors (Lipinski definition) is 8. The van der Waals surface area contributed by atoms with E-state index in [9.17, 15) is 4.79 Å². The Labute approximate surface area is 223 Å². The molecule has 1 fully saturated rings. The summed E-state index contributed by atoms with van der Waals surface area (Å²) in [7, 11) is 0. The van der Waals surface area contributed by atoms with Crippen molar-refractivity contribution in [3.05, 3.63) is 76.5 Å². The first-order valence-corrected chi connectivity index (χ1v) is 13.7. The fourth-order valence-electron chi connectivity index (χ4n) is 4.04. The molecule has 0 aliphatic carbocycles. The van der Waals surface area contributed by atoms with Gasteiger partial charge in [-0.1, -0.05) is 41.7 Å². The van der Waals surface area contributed by atoms with E-state index in [2.05, 4.69) is 27.6 Å². The summed E-state index contributed by atoms with van der Waals surface area (Å²) in [6.45, 7) is 1.90. The van der Waals surface area contributed by atoms with Crippen LogP contribution in [0.3, 0.4) is 0 Å². The lowest BCUT2D eigenvalue weighted by Crippen LogP contribution is -2.29. The van der Waals surface area contributed by atoms with Gasteiger partial charge in [-0.15, -0.1) is 11.3 Å². The number of carbonyl (C=O) groups excluding carboxylic acids is 1. The Morgan fingerprint density at radius 2 is 1.81 bits per heavy atom. The monoisotopic (exact) mass is 527 g/mol. The van der Waals surface area contributed by atoms with Gasteiger partial charge in [0.15, 0.2) is 11.7 Å². The zero-order valence-corrected chi connectivity index (χ0v) is 21.7. The summed E-state index contributed by atoms with van der Waals surface area (Å²) in [6, 6.07) is 21.0. The minimum Gasteiger partial charge on any atom is -0.484 e. The van der Waals surface area contributed by atoms with Crippen LogP contribution in [0, 0.1) is 11.3 Å². The highest BCUT2D eigenvalue weighted by Crippen LogP contribution is 2.35. The molecule has 4 aromatic rings. The molecule has 186 valence electrons. The summed E-state index contributed by atoms with van der Waals surface area (Å²) >= 11 is 3.24. The summed E-state index contributed by atoms with van der Waals surface area (Å²) in [4.78, 5) is 21.6. The van der Waals surface area contributed by atoms with Gasteiger partial charge in [0.2, 0.25) is 0 Å². The second kappa shape index (κ2) is 11.8. The lowest BCUT2D eigenvalue weighted by molar-refractivity contribution is -0.123. The Kier molecular flexibility index (Phi) is 7.89. The molecule has 0 bridgehead atoms. The van der Waals surface area contributed by atoms with Gasteiger partial charge >= 0.3 is 0 Å². The Morgan fingerprint density at radius 1 is 1.08 bits per heavy atom. The second-order valence-electron chi connectivity index (χ2n) is 8.53. The molecule has 2 aromatic heterocycles. The van der Waals surface area contributed by atoms with Crippen molar-refractivity contribution >= 4 is 39.9 Å². The predicted molar refractivity (Wildman–Crippen MR) is 149 cm³/mol. The highest BCUT2D eigenvalue weighted by molar-refractivity contribution is 7.18. The predicted octanol–water partition coefficient (Wildman–Crippen LogP) is 5.93. The minimum absolute atomic E-state index is 0.146. The van der Waals surface area contributed by atoms with E-state index < -0.39 is 0 Å². The first-order chi connectivity index (χ1) is 18.2. The van der Waals surface area contributed by atoms with Gasteiger partial charge in [-0.3, -0.25) is 4.79 Å². The third-order valence-electron chi connectivity index (χ3n) is 5.97. The number of nitrogens with one attached hydrogen (secondary N) is 1. The number of nitriles is 1. The number of thiazole rings is 1. The molecule has 0 atom stereocenters. The first-order valence-electron chi connectivity index (χ1n) is 12.0. The molecule has 3 heterocycles. The molecule has 7 nitrogen and oxygen atoms in total. The number of piperidine rings is 1. The van der Waals surface area contributed by atoms with Gasteiger partial charge in [0, 0.05) is 13.1 Å². The maximum Gasteiger partial charge on any atom is 0.277 e. The summed E-state index contributed by atoms with van der Waals surface area (Å²) in [5.74, 6) is 0.246. The minimum atomic E-state index is -0.342. The van der Waals surface area contributed by atoms with Crippen LogP contribution in [0.5, 0.6) is 5.75 Å². The molecular weight excluding hydrogens is 502 g/mol. The van der Waals surface area contributed by atoms with E-state index in [-0.39, 0.29) is 12.5 Å². The topological polar surface area (TPSA) is 90.6 Å². The van der Waals surface area contributed by atoms with E-state index >= 15 is 0 Å². The molecule has 37 heavy (non-hydrogen) atoms. The van der Waals surface area contributed by atoms with Crippen molar-refractivity contribution in [3.8, 4) is 33.5 Å². The van der Waals surface area contributed by atoms with E-state index in [0.717, 1.165) is 44.8 Å². The van der Waals surface area contributed by atoms with Crippen LogP contribution in [0.15, 0.2) is 71.1 Å². The summed E-state index contributed by atoms with van der Waals surface area (Å²) in [5.41, 5.74) is 6.09. The second-order valence-corrected chi connectivity index (χ2v) is 10.5. The summed E-state index contributed by atoms with van der Waals surface area (Å²) in [5, 5.41) is 16.2. The van der Waals surface area contributed by atoms with Crippen molar-refractivity contribution in [2.24, 2.45) is 5.10 Å². The van der Waals surface area contributed by atoms with Gasteiger partial charge in [0.25, 0.3) is 5.91 Å². The van der Waals surface area contributed by atoms with Gasteiger partial charge in [0.1, 0.15) is 11.4 Å². The fraction of sp³-hybridized carbons (Fsp3) is 0.214. The standard InChI is InChI=1S/C28H25N5O2S2/c29-17-20-6-8-21(9-7-20)22-10-12-23(13-11-22)35-19-26(34)32-30-18-25-27(24-5-4-16-36-24)31-28(37-25)33-14-2-1-3-15-33/h4-13,16,18H,1-3,14-15,19H2,(H,32,34)/b30-18+. The van der Waals surface area contributed by atoms with Gasteiger partial charge in [-0.05, 0) is 66.1 Å². The third kappa shape index (κ3) is 6.23. The van der Waals surface area contributed by atoms with E-state index in [4.69, 9.17) is 15.0 Å². The smallest absolute Gasteiger partial charge is 0.277 e. The van der Waals surface area contributed by atoms with E-state index in [1.165, 1.54) is 19.3 Å². The van der Waals surface area contributed by atoms with Gasteiger partial charge < -0.3 is 9.64 Å². The molecule has 0 radical (unpaired) electrons. The Balaban J connectivity index is 1.18. The lowest BCUT2D eigenvalue weighted by atomic mass is 10.0. The maximum atomic E-state index is 12.3. The molecule has 5 rings (SSSR count). The molecule has 1 aliphatic heterocycles. The number of rotatable bonds is 8. The third-order valence-corrected chi connectivity index (χ3v) is 7.89. The van der Waals surface area contributed by atoms with Crippen LogP contribution in [0.2, 0.25) is 0 Å². The van der Waals surface area contributed by atoms with Crippen molar-refractivity contribution in [1.82, 2.24) is 10.4 Å². The molecule has 1 N–H and O–H groups in total. The average molecular weight is 528 g/mol. The van der Waals surface area contributed by atoms with Gasteiger partial charge in [-0.2, -0.15) is 10.4 Å². The number of benzene rings is 2. The van der Waals surface area contributed by atoms with Gasteiger partial charge in [0.05, 0.1) is 27.6 Å². The molecule has 0 spiro atoms. The number of nitrogens with zero attached hydrogens (tertiary/aromatic N) is 4. The number of ether oxygens (including phenoxy) is 1. The first kappa shape index (κ1) is 24.7. The van der Waals surface area contributed by atoms with Crippen LogP contribution in [0.25, 0.3) is 21.7 Å². The normalized spacial score (nSPS) is 13.4.